The molecule has 0 saturated carbocycles. The lowest BCUT2D eigenvalue weighted by Gasteiger charge is -2.08. The lowest BCUT2D eigenvalue weighted by atomic mass is 10.1. The lowest BCUT2D eigenvalue weighted by Crippen LogP contribution is -2.24. The van der Waals surface area contributed by atoms with Crippen LogP contribution in [-0.4, -0.2) is 28.0 Å². The van der Waals surface area contributed by atoms with E-state index >= 15 is 0 Å². The molecule has 0 unspecified atom stereocenters. The van der Waals surface area contributed by atoms with E-state index in [-0.39, 0.29) is 11.5 Å². The summed E-state index contributed by atoms with van der Waals surface area (Å²) in [5, 5.41) is 12.8. The number of carbonyl (C=O) groups is 1. The van der Waals surface area contributed by atoms with E-state index in [4.69, 9.17) is 4.74 Å². The minimum atomic E-state index is -0.163. The second-order valence-corrected chi connectivity index (χ2v) is 7.33. The van der Waals surface area contributed by atoms with Crippen LogP contribution < -0.4 is 15.6 Å². The summed E-state index contributed by atoms with van der Waals surface area (Å²) in [4.78, 5) is 24.8. The number of nitrogens with one attached hydrogen (secondary N) is 1. The highest BCUT2D eigenvalue weighted by atomic mass is 32.1. The topological polar surface area (TPSA) is 86.1 Å². The molecule has 0 aliphatic rings. The highest BCUT2D eigenvalue weighted by molar-refractivity contribution is 7.17. The van der Waals surface area contributed by atoms with Gasteiger partial charge in [-0.2, -0.15) is 0 Å². The number of hydrogen-bond donors (Lipinski definition) is 1. The molecule has 8 heteroatoms. The normalized spacial score (nSPS) is 10.8. The molecule has 0 aliphatic carbocycles. The molecular formula is C21H18N4O3S. The third-order valence-electron chi connectivity index (χ3n) is 4.49. The van der Waals surface area contributed by atoms with E-state index in [1.165, 1.54) is 16.0 Å². The van der Waals surface area contributed by atoms with Gasteiger partial charge in [0.15, 0.2) is 0 Å². The van der Waals surface area contributed by atoms with Gasteiger partial charge in [0.25, 0.3) is 11.5 Å². The van der Waals surface area contributed by atoms with E-state index in [1.807, 2.05) is 41.8 Å². The molecule has 0 saturated heterocycles. The zero-order valence-electron chi connectivity index (χ0n) is 15.7. The molecule has 7 nitrogen and oxygen atoms in total. The molecule has 4 rings (SSSR count). The van der Waals surface area contributed by atoms with Gasteiger partial charge in [0, 0.05) is 12.1 Å². The maximum Gasteiger partial charge on any atom is 0.288 e. The molecular weight excluding hydrogens is 388 g/mol. The molecule has 0 atom stereocenters. The van der Waals surface area contributed by atoms with Crippen LogP contribution in [0.25, 0.3) is 10.2 Å². The van der Waals surface area contributed by atoms with Gasteiger partial charge in [-0.15, -0.1) is 16.4 Å². The molecule has 0 spiro atoms. The standard InChI is InChI=1S/C21H18N4O3S/c1-28-17-8-4-14(5-9-17)12-22-20(26)16-6-2-15(3-7-16)13-25-21(27)19-18(23-24-25)10-11-29-19/h2-11H,12-13H2,1H3,(H,22,26). The number of amides is 1. The van der Waals surface area contributed by atoms with Gasteiger partial charge in [-0.1, -0.05) is 29.5 Å². The lowest BCUT2D eigenvalue weighted by molar-refractivity contribution is 0.0951. The van der Waals surface area contributed by atoms with Gasteiger partial charge in [-0.05, 0) is 46.8 Å². The summed E-state index contributed by atoms with van der Waals surface area (Å²) in [6, 6.07) is 16.4. The van der Waals surface area contributed by atoms with Crippen LogP contribution in [0.5, 0.6) is 5.75 Å². The number of nitrogens with zero attached hydrogens (tertiary/aromatic N) is 3. The van der Waals surface area contributed by atoms with Gasteiger partial charge in [-0.25, -0.2) is 4.68 Å². The van der Waals surface area contributed by atoms with E-state index < -0.39 is 0 Å². The van der Waals surface area contributed by atoms with E-state index in [0.29, 0.717) is 28.9 Å². The summed E-state index contributed by atoms with van der Waals surface area (Å²) >= 11 is 1.35. The predicted molar refractivity (Wildman–Crippen MR) is 111 cm³/mol. The number of ether oxygens (including phenoxy) is 1. The molecule has 0 radical (unpaired) electrons. The van der Waals surface area contributed by atoms with Crippen LogP contribution in [0.2, 0.25) is 0 Å². The Balaban J connectivity index is 1.40. The van der Waals surface area contributed by atoms with Crippen molar-refractivity contribution in [3.63, 3.8) is 0 Å². The second kappa shape index (κ2) is 8.24. The van der Waals surface area contributed by atoms with Crippen molar-refractivity contribution in [1.82, 2.24) is 20.3 Å². The molecule has 146 valence electrons. The fourth-order valence-electron chi connectivity index (χ4n) is 2.87. The van der Waals surface area contributed by atoms with E-state index in [9.17, 15) is 9.59 Å². The first-order chi connectivity index (χ1) is 14.1. The average molecular weight is 406 g/mol. The zero-order chi connectivity index (χ0) is 20.2. The molecule has 4 aromatic rings. The molecule has 0 bridgehead atoms. The van der Waals surface area contributed by atoms with Crippen LogP contribution in [0.1, 0.15) is 21.5 Å². The van der Waals surface area contributed by atoms with Crippen LogP contribution in [-0.2, 0) is 13.1 Å². The maximum atomic E-state index is 12.4. The van der Waals surface area contributed by atoms with Crippen molar-refractivity contribution in [3.8, 4) is 5.75 Å². The molecule has 2 aromatic carbocycles. The van der Waals surface area contributed by atoms with Gasteiger partial charge in [0.05, 0.1) is 13.7 Å². The Morgan fingerprint density at radius 1 is 1.07 bits per heavy atom. The fourth-order valence-corrected chi connectivity index (χ4v) is 3.64. The highest BCUT2D eigenvalue weighted by Gasteiger charge is 2.09. The fraction of sp³-hybridized carbons (Fsp3) is 0.143. The van der Waals surface area contributed by atoms with Crippen molar-refractivity contribution in [2.45, 2.75) is 13.1 Å². The largest absolute Gasteiger partial charge is 0.497 e. The average Bonchev–Trinajstić information content (AvgIpc) is 3.24. The molecule has 29 heavy (non-hydrogen) atoms. The minimum absolute atomic E-state index is 0.161. The Bertz CT molecular complexity index is 1200. The summed E-state index contributed by atoms with van der Waals surface area (Å²) in [6.07, 6.45) is 0. The van der Waals surface area contributed by atoms with E-state index in [1.54, 1.807) is 25.3 Å². The predicted octanol–water partition coefficient (Wildman–Crippen LogP) is 2.84. The Labute approximate surface area is 170 Å². The van der Waals surface area contributed by atoms with E-state index in [2.05, 4.69) is 15.6 Å². The number of carbonyl (C=O) groups excluding carboxylic acids is 1. The molecule has 0 aliphatic heterocycles. The van der Waals surface area contributed by atoms with Crippen LogP contribution in [0.4, 0.5) is 0 Å². The number of fused-ring (bicyclic) bond motifs is 1. The minimum Gasteiger partial charge on any atom is -0.497 e. The van der Waals surface area contributed by atoms with Crippen LogP contribution in [0.3, 0.4) is 0 Å². The number of hydrogen-bond acceptors (Lipinski definition) is 6. The van der Waals surface area contributed by atoms with Crippen LogP contribution >= 0.6 is 11.3 Å². The maximum absolute atomic E-state index is 12.4. The Hall–Kier alpha value is -3.52. The zero-order valence-corrected chi connectivity index (χ0v) is 16.5. The number of thiophene rings is 1. The summed E-state index contributed by atoms with van der Waals surface area (Å²) < 4.78 is 7.05. The SMILES string of the molecule is COc1ccc(CNC(=O)c2ccc(Cn3nnc4ccsc4c3=O)cc2)cc1. The van der Waals surface area contributed by atoms with Gasteiger partial charge in [0.2, 0.25) is 0 Å². The molecule has 1 amide bonds. The first-order valence-electron chi connectivity index (χ1n) is 8.95. The number of benzene rings is 2. The third-order valence-corrected chi connectivity index (χ3v) is 5.39. The van der Waals surface area contributed by atoms with Gasteiger partial charge >= 0.3 is 0 Å². The monoisotopic (exact) mass is 406 g/mol. The molecule has 0 fully saturated rings. The molecule has 2 heterocycles. The highest BCUT2D eigenvalue weighted by Crippen LogP contribution is 2.13. The Morgan fingerprint density at radius 2 is 1.79 bits per heavy atom. The summed E-state index contributed by atoms with van der Waals surface area (Å²) in [5.41, 5.74) is 2.85. The van der Waals surface area contributed by atoms with Gasteiger partial charge in [-0.3, -0.25) is 9.59 Å². The van der Waals surface area contributed by atoms with Crippen molar-refractivity contribution in [2.75, 3.05) is 7.11 Å². The first-order valence-corrected chi connectivity index (χ1v) is 9.83. The van der Waals surface area contributed by atoms with Gasteiger partial charge < -0.3 is 10.1 Å². The van der Waals surface area contributed by atoms with Crippen molar-refractivity contribution >= 4 is 27.5 Å². The quantitative estimate of drug-likeness (QED) is 0.532. The second-order valence-electron chi connectivity index (χ2n) is 6.41. The van der Waals surface area contributed by atoms with Crippen molar-refractivity contribution < 1.29 is 9.53 Å². The Morgan fingerprint density at radius 3 is 2.52 bits per heavy atom. The van der Waals surface area contributed by atoms with E-state index in [0.717, 1.165) is 16.9 Å². The van der Waals surface area contributed by atoms with Crippen molar-refractivity contribution in [2.24, 2.45) is 0 Å². The smallest absolute Gasteiger partial charge is 0.288 e. The summed E-state index contributed by atoms with van der Waals surface area (Å²) in [5.74, 6) is 0.613. The van der Waals surface area contributed by atoms with Crippen molar-refractivity contribution in [1.29, 1.82) is 0 Å². The summed E-state index contributed by atoms with van der Waals surface area (Å²) in [7, 11) is 1.61. The summed E-state index contributed by atoms with van der Waals surface area (Å²) in [6.45, 7) is 0.726. The third kappa shape index (κ3) is 4.17. The molecule has 2 aromatic heterocycles. The van der Waals surface area contributed by atoms with Crippen LogP contribution in [0, 0.1) is 0 Å². The Kier molecular flexibility index (Phi) is 5.35. The number of aromatic nitrogens is 3. The van der Waals surface area contributed by atoms with Gasteiger partial charge in [0.1, 0.15) is 16.0 Å². The number of rotatable bonds is 6. The first kappa shape index (κ1) is 18.8. The van der Waals surface area contributed by atoms with Crippen LogP contribution in [0.15, 0.2) is 64.8 Å². The van der Waals surface area contributed by atoms with Crippen molar-refractivity contribution in [3.05, 3.63) is 87.0 Å². The number of methoxy groups -OCH3 is 1. The molecule has 1 N–H and O–H groups in total.